The van der Waals surface area contributed by atoms with Gasteiger partial charge >= 0.3 is 0 Å². The van der Waals surface area contributed by atoms with Crippen LogP contribution >= 0.6 is 0 Å². The van der Waals surface area contributed by atoms with Gasteiger partial charge in [0.1, 0.15) is 11.5 Å². The van der Waals surface area contributed by atoms with Crippen LogP contribution in [0.1, 0.15) is 37.3 Å². The van der Waals surface area contributed by atoms with Crippen LogP contribution in [0.5, 0.6) is 0 Å². The minimum atomic E-state index is 0.0951. The van der Waals surface area contributed by atoms with Crippen molar-refractivity contribution in [3.05, 3.63) is 23.7 Å². The van der Waals surface area contributed by atoms with Crippen LogP contribution in [0.25, 0.3) is 0 Å². The Bertz CT molecular complexity index is 377. The molecule has 2 rings (SSSR count). The number of aryl methyl sites for hydroxylation is 1. The normalized spacial score (nSPS) is 24.8. The number of likely N-dealkylation sites (tertiary alicyclic amines) is 1. The van der Waals surface area contributed by atoms with Crippen LogP contribution in [-0.2, 0) is 4.74 Å². The Hall–Kier alpha value is -0.840. The molecule has 1 aliphatic heterocycles. The Balaban J connectivity index is 1.94. The van der Waals surface area contributed by atoms with Crippen LogP contribution in [0.15, 0.2) is 16.5 Å². The first kappa shape index (κ1) is 14.6. The molecule has 2 heterocycles. The number of hydrogen-bond donors (Lipinski definition) is 1. The summed E-state index contributed by atoms with van der Waals surface area (Å²) >= 11 is 0. The Morgan fingerprint density at radius 1 is 1.42 bits per heavy atom. The SMILES string of the molecule is Cc1ccc([C@@H]2C[C@@H](C)CCN2CCOCCO)o1. The van der Waals surface area contributed by atoms with Gasteiger partial charge in [-0.15, -0.1) is 0 Å². The van der Waals surface area contributed by atoms with Crippen molar-refractivity contribution in [2.75, 3.05) is 32.9 Å². The van der Waals surface area contributed by atoms with Crippen molar-refractivity contribution in [3.63, 3.8) is 0 Å². The van der Waals surface area contributed by atoms with Crippen molar-refractivity contribution in [2.45, 2.75) is 32.7 Å². The Labute approximate surface area is 115 Å². The third kappa shape index (κ3) is 4.06. The van der Waals surface area contributed by atoms with Crippen LogP contribution in [0.4, 0.5) is 0 Å². The third-order valence-corrected chi connectivity index (χ3v) is 3.82. The van der Waals surface area contributed by atoms with E-state index < -0.39 is 0 Å². The molecule has 0 unspecified atom stereocenters. The summed E-state index contributed by atoms with van der Waals surface area (Å²) in [6, 6.07) is 4.50. The molecule has 0 amide bonds. The lowest BCUT2D eigenvalue weighted by molar-refractivity contribution is 0.0395. The van der Waals surface area contributed by atoms with Gasteiger partial charge in [0.15, 0.2) is 0 Å². The van der Waals surface area contributed by atoms with Gasteiger partial charge in [-0.25, -0.2) is 0 Å². The van der Waals surface area contributed by atoms with E-state index in [0.29, 0.717) is 19.3 Å². The topological polar surface area (TPSA) is 45.8 Å². The molecule has 4 heteroatoms. The predicted octanol–water partition coefficient (Wildman–Crippen LogP) is 2.37. The average molecular weight is 267 g/mol. The summed E-state index contributed by atoms with van der Waals surface area (Å²) < 4.78 is 11.2. The fourth-order valence-electron chi connectivity index (χ4n) is 2.73. The minimum absolute atomic E-state index is 0.0951. The van der Waals surface area contributed by atoms with Crippen molar-refractivity contribution in [1.29, 1.82) is 0 Å². The predicted molar refractivity (Wildman–Crippen MR) is 74.1 cm³/mol. The molecule has 108 valence electrons. The molecule has 0 bridgehead atoms. The molecule has 0 radical (unpaired) electrons. The van der Waals surface area contributed by atoms with Crippen LogP contribution < -0.4 is 0 Å². The van der Waals surface area contributed by atoms with E-state index in [1.165, 1.54) is 6.42 Å². The van der Waals surface area contributed by atoms with Gasteiger partial charge in [-0.1, -0.05) is 6.92 Å². The highest BCUT2D eigenvalue weighted by Crippen LogP contribution is 2.34. The van der Waals surface area contributed by atoms with Crippen LogP contribution in [0, 0.1) is 12.8 Å². The van der Waals surface area contributed by atoms with E-state index >= 15 is 0 Å². The number of hydrogen-bond acceptors (Lipinski definition) is 4. The van der Waals surface area contributed by atoms with Crippen LogP contribution in [0.2, 0.25) is 0 Å². The van der Waals surface area contributed by atoms with E-state index in [0.717, 1.165) is 36.9 Å². The van der Waals surface area contributed by atoms with Gasteiger partial charge in [-0.05, 0) is 44.4 Å². The maximum atomic E-state index is 8.72. The van der Waals surface area contributed by atoms with Crippen molar-refractivity contribution in [3.8, 4) is 0 Å². The zero-order valence-corrected chi connectivity index (χ0v) is 12.0. The second-order valence-electron chi connectivity index (χ2n) is 5.47. The minimum Gasteiger partial charge on any atom is -0.465 e. The van der Waals surface area contributed by atoms with E-state index in [2.05, 4.69) is 17.9 Å². The largest absolute Gasteiger partial charge is 0.465 e. The van der Waals surface area contributed by atoms with E-state index in [9.17, 15) is 0 Å². The van der Waals surface area contributed by atoms with Crippen molar-refractivity contribution >= 4 is 0 Å². The first-order chi connectivity index (χ1) is 9.20. The molecule has 4 nitrogen and oxygen atoms in total. The lowest BCUT2D eigenvalue weighted by atomic mass is 9.91. The van der Waals surface area contributed by atoms with E-state index in [1.54, 1.807) is 0 Å². The van der Waals surface area contributed by atoms with Gasteiger partial charge < -0.3 is 14.3 Å². The van der Waals surface area contributed by atoms with Crippen molar-refractivity contribution < 1.29 is 14.3 Å². The molecule has 1 aliphatic rings. The van der Waals surface area contributed by atoms with E-state index in [1.807, 2.05) is 13.0 Å². The summed E-state index contributed by atoms with van der Waals surface area (Å²) in [7, 11) is 0. The van der Waals surface area contributed by atoms with E-state index in [4.69, 9.17) is 14.3 Å². The summed E-state index contributed by atoms with van der Waals surface area (Å²) in [6.07, 6.45) is 2.38. The van der Waals surface area contributed by atoms with Crippen LogP contribution in [0.3, 0.4) is 0 Å². The lowest BCUT2D eigenvalue weighted by Crippen LogP contribution is -2.38. The fourth-order valence-corrected chi connectivity index (χ4v) is 2.73. The summed E-state index contributed by atoms with van der Waals surface area (Å²) in [5.41, 5.74) is 0. The number of aliphatic hydroxyl groups is 1. The third-order valence-electron chi connectivity index (χ3n) is 3.82. The van der Waals surface area contributed by atoms with Gasteiger partial charge in [0.05, 0.1) is 25.9 Å². The average Bonchev–Trinajstić information content (AvgIpc) is 2.82. The van der Waals surface area contributed by atoms with Gasteiger partial charge in [0.25, 0.3) is 0 Å². The van der Waals surface area contributed by atoms with Crippen LogP contribution in [-0.4, -0.2) is 42.9 Å². The summed E-state index contributed by atoms with van der Waals surface area (Å²) in [6.45, 7) is 7.48. The Morgan fingerprint density at radius 2 is 2.26 bits per heavy atom. The highest BCUT2D eigenvalue weighted by Gasteiger charge is 2.29. The number of rotatable bonds is 6. The number of aliphatic hydroxyl groups excluding tert-OH is 1. The number of piperidine rings is 1. The molecule has 0 saturated carbocycles. The molecule has 0 aliphatic carbocycles. The highest BCUT2D eigenvalue weighted by molar-refractivity contribution is 5.11. The van der Waals surface area contributed by atoms with Gasteiger partial charge in [0.2, 0.25) is 0 Å². The molecular formula is C15H25NO3. The second-order valence-corrected chi connectivity index (χ2v) is 5.47. The van der Waals surface area contributed by atoms with Crippen molar-refractivity contribution in [2.24, 2.45) is 5.92 Å². The quantitative estimate of drug-likeness (QED) is 0.804. The summed E-state index contributed by atoms with van der Waals surface area (Å²) in [4.78, 5) is 2.44. The van der Waals surface area contributed by atoms with Crippen molar-refractivity contribution in [1.82, 2.24) is 4.90 Å². The molecule has 2 atom stereocenters. The zero-order valence-electron chi connectivity index (χ0n) is 12.0. The Morgan fingerprint density at radius 3 is 2.95 bits per heavy atom. The lowest BCUT2D eigenvalue weighted by Gasteiger charge is -2.37. The number of ether oxygens (including phenoxy) is 1. The number of furan rings is 1. The standard InChI is InChI=1S/C15H25NO3/c1-12-5-6-16(7-9-18-10-8-17)14(11-12)15-4-3-13(2)19-15/h3-4,12,14,17H,5-11H2,1-2H3/t12-,14-/m0/s1. The first-order valence-electron chi connectivity index (χ1n) is 7.19. The molecule has 1 aromatic heterocycles. The zero-order chi connectivity index (χ0) is 13.7. The molecule has 1 aromatic rings. The molecule has 1 N–H and O–H groups in total. The fraction of sp³-hybridized carbons (Fsp3) is 0.733. The number of nitrogens with zero attached hydrogens (tertiary/aromatic N) is 1. The Kier molecular flexibility index (Phi) is 5.43. The summed E-state index contributed by atoms with van der Waals surface area (Å²) in [5, 5.41) is 8.72. The maximum absolute atomic E-state index is 8.72. The highest BCUT2D eigenvalue weighted by atomic mass is 16.5. The molecule has 0 spiro atoms. The molecule has 19 heavy (non-hydrogen) atoms. The maximum Gasteiger partial charge on any atom is 0.121 e. The smallest absolute Gasteiger partial charge is 0.121 e. The second kappa shape index (κ2) is 7.08. The van der Waals surface area contributed by atoms with Gasteiger partial charge in [-0.3, -0.25) is 4.90 Å². The first-order valence-corrected chi connectivity index (χ1v) is 7.19. The molecular weight excluding hydrogens is 242 g/mol. The molecule has 1 fully saturated rings. The van der Waals surface area contributed by atoms with Gasteiger partial charge in [-0.2, -0.15) is 0 Å². The monoisotopic (exact) mass is 267 g/mol. The molecule has 1 saturated heterocycles. The summed E-state index contributed by atoms with van der Waals surface area (Å²) in [5.74, 6) is 2.79. The van der Waals surface area contributed by atoms with E-state index in [-0.39, 0.29) is 6.61 Å². The molecule has 0 aromatic carbocycles. The van der Waals surface area contributed by atoms with Gasteiger partial charge in [0, 0.05) is 6.54 Å².